The molecule has 0 fully saturated rings. The zero-order valence-electron chi connectivity index (χ0n) is 15.2. The van der Waals surface area contributed by atoms with Crippen molar-refractivity contribution >= 4 is 38.6 Å². The van der Waals surface area contributed by atoms with Crippen LogP contribution < -0.4 is 5.32 Å². The van der Waals surface area contributed by atoms with E-state index in [1.54, 1.807) is 12.1 Å². The molecule has 1 amide bonds. The summed E-state index contributed by atoms with van der Waals surface area (Å²) in [5, 5.41) is 3.20. The molecule has 5 nitrogen and oxygen atoms in total. The number of nitrogens with zero attached hydrogens (tertiary/aromatic N) is 1. The highest BCUT2D eigenvalue weighted by Gasteiger charge is 2.15. The second-order valence-electron chi connectivity index (χ2n) is 6.32. The van der Waals surface area contributed by atoms with Gasteiger partial charge in [-0.25, -0.2) is 9.78 Å². The van der Waals surface area contributed by atoms with E-state index >= 15 is 0 Å². The molecule has 0 saturated carbocycles. The fraction of sp³-hybridized carbons (Fsp3) is 0.250. The predicted molar refractivity (Wildman–Crippen MR) is 104 cm³/mol. The van der Waals surface area contributed by atoms with Crippen molar-refractivity contribution in [1.82, 2.24) is 4.98 Å². The lowest BCUT2D eigenvalue weighted by atomic mass is 10.0. The molecule has 3 rings (SSSR count). The molecule has 2 aromatic carbocycles. The number of aromatic nitrogens is 1. The number of esters is 1. The highest BCUT2D eigenvalue weighted by molar-refractivity contribution is 7.22. The van der Waals surface area contributed by atoms with Crippen molar-refractivity contribution in [3.8, 4) is 0 Å². The molecule has 0 aliphatic carbocycles. The molecule has 0 aliphatic heterocycles. The normalized spacial score (nSPS) is 10.8. The number of rotatable bonds is 4. The number of hydrogen-bond acceptors (Lipinski definition) is 5. The largest absolute Gasteiger partial charge is 0.452 e. The maximum absolute atomic E-state index is 12.2. The van der Waals surface area contributed by atoms with Crippen molar-refractivity contribution in [2.75, 3.05) is 11.9 Å². The van der Waals surface area contributed by atoms with Gasteiger partial charge < -0.3 is 4.74 Å². The third-order valence-electron chi connectivity index (χ3n) is 4.24. The molecule has 26 heavy (non-hydrogen) atoms. The van der Waals surface area contributed by atoms with E-state index in [1.165, 1.54) is 11.3 Å². The second kappa shape index (κ2) is 7.25. The summed E-state index contributed by atoms with van der Waals surface area (Å²) < 4.78 is 6.16. The number of nitrogens with one attached hydrogen (secondary N) is 1. The Hall–Kier alpha value is -2.73. The summed E-state index contributed by atoms with van der Waals surface area (Å²) in [5.74, 6) is -0.908. The van der Waals surface area contributed by atoms with Gasteiger partial charge in [-0.1, -0.05) is 29.5 Å². The number of aryl methyl sites for hydroxylation is 3. The minimum absolute atomic E-state index is 0.347. The van der Waals surface area contributed by atoms with Gasteiger partial charge in [-0.2, -0.15) is 0 Å². The number of thiazole rings is 1. The van der Waals surface area contributed by atoms with Gasteiger partial charge in [0.1, 0.15) is 0 Å². The molecular formula is C20H20N2O3S. The fourth-order valence-electron chi connectivity index (χ4n) is 2.76. The van der Waals surface area contributed by atoms with E-state index in [0.717, 1.165) is 32.5 Å². The molecule has 1 N–H and O–H groups in total. The maximum Gasteiger partial charge on any atom is 0.338 e. The average Bonchev–Trinajstić information content (AvgIpc) is 2.97. The van der Waals surface area contributed by atoms with Gasteiger partial charge in [0, 0.05) is 0 Å². The van der Waals surface area contributed by atoms with Gasteiger partial charge in [-0.3, -0.25) is 10.1 Å². The number of benzene rings is 2. The van der Waals surface area contributed by atoms with Gasteiger partial charge >= 0.3 is 5.97 Å². The molecule has 134 valence electrons. The summed E-state index contributed by atoms with van der Waals surface area (Å²) in [7, 11) is 0. The van der Waals surface area contributed by atoms with Crippen molar-refractivity contribution in [3.05, 3.63) is 58.1 Å². The van der Waals surface area contributed by atoms with Gasteiger partial charge in [0.25, 0.3) is 5.91 Å². The molecule has 1 aromatic heterocycles. The van der Waals surface area contributed by atoms with Crippen LogP contribution in [0.15, 0.2) is 30.3 Å². The van der Waals surface area contributed by atoms with Crippen molar-refractivity contribution in [2.45, 2.75) is 27.7 Å². The van der Waals surface area contributed by atoms with Crippen molar-refractivity contribution in [3.63, 3.8) is 0 Å². The first-order chi connectivity index (χ1) is 12.3. The predicted octanol–water partition coefficient (Wildman–Crippen LogP) is 4.33. The molecule has 0 spiro atoms. The number of hydrogen-bond donors (Lipinski definition) is 1. The van der Waals surface area contributed by atoms with E-state index in [0.29, 0.717) is 10.7 Å². The van der Waals surface area contributed by atoms with Crippen LogP contribution in [0, 0.1) is 27.7 Å². The van der Waals surface area contributed by atoms with E-state index in [-0.39, 0.29) is 6.61 Å². The van der Waals surface area contributed by atoms with Crippen LogP contribution in [0.2, 0.25) is 0 Å². The van der Waals surface area contributed by atoms with E-state index in [4.69, 9.17) is 4.74 Å². The lowest BCUT2D eigenvalue weighted by Crippen LogP contribution is -2.21. The van der Waals surface area contributed by atoms with Crippen LogP contribution in [-0.2, 0) is 9.53 Å². The first-order valence-electron chi connectivity index (χ1n) is 8.26. The summed E-state index contributed by atoms with van der Waals surface area (Å²) in [5.41, 5.74) is 5.43. The topological polar surface area (TPSA) is 68.3 Å². The molecule has 0 unspecified atom stereocenters. The molecule has 0 radical (unpaired) electrons. The lowest BCUT2D eigenvalue weighted by molar-refractivity contribution is -0.119. The Morgan fingerprint density at radius 1 is 1.12 bits per heavy atom. The fourth-order valence-corrected chi connectivity index (χ4v) is 3.82. The van der Waals surface area contributed by atoms with Crippen LogP contribution >= 0.6 is 11.3 Å². The summed E-state index contributed by atoms with van der Waals surface area (Å²) in [6, 6.07) is 9.51. The first-order valence-corrected chi connectivity index (χ1v) is 9.08. The van der Waals surface area contributed by atoms with Gasteiger partial charge in [-0.05, 0) is 62.1 Å². The van der Waals surface area contributed by atoms with Gasteiger partial charge in [0.05, 0.1) is 15.8 Å². The van der Waals surface area contributed by atoms with Gasteiger partial charge in [0.2, 0.25) is 0 Å². The third-order valence-corrected chi connectivity index (χ3v) is 5.15. The molecule has 3 aromatic rings. The standard InChI is InChI=1S/C20H20N2O3S/c1-11-8-13(3)18-16(9-11)26-20(22-18)21-17(23)10-25-19(24)15-7-5-6-12(2)14(15)4/h5-9H,10H2,1-4H3,(H,21,22,23). The molecule has 0 bridgehead atoms. The highest BCUT2D eigenvalue weighted by Crippen LogP contribution is 2.29. The van der Waals surface area contributed by atoms with E-state index in [1.807, 2.05) is 39.8 Å². The molecule has 1 heterocycles. The zero-order valence-corrected chi connectivity index (χ0v) is 16.0. The average molecular weight is 368 g/mol. The molecular weight excluding hydrogens is 348 g/mol. The third kappa shape index (κ3) is 3.75. The second-order valence-corrected chi connectivity index (χ2v) is 7.35. The number of ether oxygens (including phenoxy) is 1. The summed E-state index contributed by atoms with van der Waals surface area (Å²) >= 11 is 1.41. The van der Waals surface area contributed by atoms with Crippen molar-refractivity contribution in [2.24, 2.45) is 0 Å². The Labute approximate surface area is 156 Å². The summed E-state index contributed by atoms with van der Waals surface area (Å²) in [6.45, 7) is 7.46. The van der Waals surface area contributed by atoms with Crippen molar-refractivity contribution in [1.29, 1.82) is 0 Å². The van der Waals surface area contributed by atoms with Crippen LogP contribution in [-0.4, -0.2) is 23.5 Å². The number of carbonyl (C=O) groups excluding carboxylic acids is 2. The number of fused-ring (bicyclic) bond motifs is 1. The number of amides is 1. The number of carbonyl (C=O) groups is 2. The van der Waals surface area contributed by atoms with Gasteiger partial charge in [-0.15, -0.1) is 0 Å². The van der Waals surface area contributed by atoms with Crippen LogP contribution in [0.25, 0.3) is 10.2 Å². The maximum atomic E-state index is 12.2. The Morgan fingerprint density at radius 2 is 1.88 bits per heavy atom. The Morgan fingerprint density at radius 3 is 2.65 bits per heavy atom. The summed E-state index contributed by atoms with van der Waals surface area (Å²) in [4.78, 5) is 28.7. The summed E-state index contributed by atoms with van der Waals surface area (Å²) in [6.07, 6.45) is 0. The van der Waals surface area contributed by atoms with Crippen LogP contribution in [0.4, 0.5) is 5.13 Å². The number of anilines is 1. The molecule has 6 heteroatoms. The SMILES string of the molecule is Cc1cc(C)c2nc(NC(=O)COC(=O)c3cccc(C)c3C)sc2c1. The van der Waals surface area contributed by atoms with Crippen LogP contribution in [0.5, 0.6) is 0 Å². The first kappa shape index (κ1) is 18.1. The molecule has 0 aliphatic rings. The Kier molecular flexibility index (Phi) is 5.04. The minimum atomic E-state index is -0.503. The van der Waals surface area contributed by atoms with Gasteiger partial charge in [0.15, 0.2) is 11.7 Å². The Balaban J connectivity index is 1.65. The van der Waals surface area contributed by atoms with Crippen molar-refractivity contribution < 1.29 is 14.3 Å². The van der Waals surface area contributed by atoms with E-state index < -0.39 is 11.9 Å². The monoisotopic (exact) mass is 368 g/mol. The van der Waals surface area contributed by atoms with Crippen LogP contribution in [0.1, 0.15) is 32.6 Å². The zero-order chi connectivity index (χ0) is 18.8. The van der Waals surface area contributed by atoms with Crippen LogP contribution in [0.3, 0.4) is 0 Å². The minimum Gasteiger partial charge on any atom is -0.452 e. The quantitative estimate of drug-likeness (QED) is 0.696. The molecule has 0 saturated heterocycles. The van der Waals surface area contributed by atoms with E-state index in [9.17, 15) is 9.59 Å². The Bertz CT molecular complexity index is 1010. The van der Waals surface area contributed by atoms with E-state index in [2.05, 4.69) is 16.4 Å². The molecule has 0 atom stereocenters. The lowest BCUT2D eigenvalue weighted by Gasteiger charge is -2.08. The highest BCUT2D eigenvalue weighted by atomic mass is 32.1. The smallest absolute Gasteiger partial charge is 0.338 e.